The van der Waals surface area contributed by atoms with Gasteiger partial charge in [-0.25, -0.2) is 0 Å². The normalized spacial score (nSPS) is 23.3. The summed E-state index contributed by atoms with van der Waals surface area (Å²) in [6.45, 7) is 0. The summed E-state index contributed by atoms with van der Waals surface area (Å²) in [4.78, 5) is 124. The fourth-order valence-corrected chi connectivity index (χ4v) is 90.0. The first-order valence-corrected chi connectivity index (χ1v) is 72.4. The van der Waals surface area contributed by atoms with Crippen molar-refractivity contribution < 1.29 is 121 Å². The molecule has 704 valence electrons. The molecule has 16 aromatic carbocycles. The topological polar surface area (TPSA) is 346 Å². The monoisotopic (exact) mass is 2140 g/mol. The van der Waals surface area contributed by atoms with Crippen molar-refractivity contribution >= 4 is 224 Å². The lowest BCUT2D eigenvalue weighted by Gasteiger charge is -2.60. The lowest BCUT2D eigenvalue weighted by atomic mass is 10.4. The highest BCUT2D eigenvalue weighted by atomic mass is 28.7. The maximum absolute atomic E-state index is 15.5. The third-order valence-electron chi connectivity index (χ3n) is 23.8. The minimum Gasteiger partial charge on any atom is -0.404 e. The van der Waals surface area contributed by atoms with Gasteiger partial charge in [0.25, 0.3) is 0 Å². The molecule has 8 bridgehead atoms. The second-order valence-electron chi connectivity index (χ2n) is 33.0. The Balaban J connectivity index is 1.00. The van der Waals surface area contributed by atoms with Crippen LogP contribution in [-0.4, -0.2) is 179 Å². The molecule has 6 heterocycles. The Bertz CT molecular complexity index is 5290. The van der Waals surface area contributed by atoms with E-state index in [0.717, 1.165) is 0 Å². The van der Waals surface area contributed by atoms with E-state index in [1.54, 1.807) is 485 Å². The zero-order valence-corrected chi connectivity index (χ0v) is 89.9. The van der Waals surface area contributed by atoms with E-state index >= 15 is 38.4 Å². The largest absolute Gasteiger partial charge is 0.653 e. The highest BCUT2D eigenvalue weighted by Gasteiger charge is 2.95. The van der Waals surface area contributed by atoms with Gasteiger partial charge in [0.05, 0.1) is 0 Å². The van der Waals surface area contributed by atoms with E-state index in [0.29, 0.717) is 0 Å². The first kappa shape index (κ1) is 96.0. The smallest absolute Gasteiger partial charge is 0.404 e. The van der Waals surface area contributed by atoms with Crippen molar-refractivity contribution in [1.82, 2.24) is 0 Å². The summed E-state index contributed by atoms with van der Waals surface area (Å²) in [5.41, 5.74) is 0. The van der Waals surface area contributed by atoms with Gasteiger partial charge in [-0.1, -0.05) is 485 Å². The van der Waals surface area contributed by atoms with Crippen LogP contribution in [0.1, 0.15) is 0 Å². The Hall–Kier alpha value is -10.1. The van der Waals surface area contributed by atoms with E-state index in [1.165, 1.54) is 0 Å². The molecule has 6 aliphatic rings. The summed E-state index contributed by atoms with van der Waals surface area (Å²) in [6, 6.07) is 129. The first-order valence-electron chi connectivity index (χ1n) is 44.5. The Morgan fingerprint density at radius 2 is 0.164 bits per heavy atom. The van der Waals surface area contributed by atoms with Gasteiger partial charge in [-0.15, -0.1) is 0 Å². The van der Waals surface area contributed by atoms with Gasteiger partial charge >= 0.3 is 141 Å². The molecule has 0 spiro atoms. The Morgan fingerprint density at radius 1 is 0.107 bits per heavy atom. The third-order valence-corrected chi connectivity index (χ3v) is 83.1. The molecule has 28 nitrogen and oxygen atoms in total. The van der Waals surface area contributed by atoms with E-state index in [1.807, 2.05) is 0 Å². The average molecular weight is 2140 g/mol. The van der Waals surface area contributed by atoms with Gasteiger partial charge < -0.3 is 121 Å². The molecule has 0 radical (unpaired) electrons. The number of benzene rings is 16. The summed E-state index contributed by atoms with van der Waals surface area (Å²) in [5.74, 6) is 0. The summed E-state index contributed by atoms with van der Waals surface area (Å²) in [6.07, 6.45) is 0. The van der Waals surface area contributed by atoms with Crippen molar-refractivity contribution in [2.24, 2.45) is 0 Å². The Labute approximate surface area is 823 Å². The molecule has 0 amide bonds. The molecule has 6 fully saturated rings. The molecular weight excluding hydrogens is 2050 g/mol. The summed E-state index contributed by atoms with van der Waals surface area (Å²) < 4.78 is 166. The number of hydrogen-bond acceptors (Lipinski definition) is 28. The first-order chi connectivity index (χ1) is 67.8. The second-order valence-corrected chi connectivity index (χ2v) is 76.9. The van der Waals surface area contributed by atoms with Crippen molar-refractivity contribution in [1.29, 1.82) is 0 Å². The van der Waals surface area contributed by atoms with Gasteiger partial charge in [0.2, 0.25) is 0 Å². The molecule has 44 heteroatoms. The maximum Gasteiger partial charge on any atom is 0.653 e. The molecule has 6 aliphatic heterocycles. The Kier molecular flexibility index (Phi) is 26.4. The fraction of sp³-hybridized carbons (Fsp3) is 0. The SMILES string of the molecule is O[Si](O[Si]12O[Si]3(O[Si](O)(c4ccccc4)c4ccccc4)O[Si]4(O[Si](O)(c5ccccc5)c5ccccc5)O[Si](O[Si](O)(c5ccccc5)c5ccccc5)(O1)O[Si]1(O[Si](O)(c5ccccc5)c5ccccc5)O[Si](O[Si](O)(c5ccccc5)c5ccccc5)(O2)O[Si](O[Si](O)(c2ccccc2)c2ccccc2)(O3)O[Si](O[Si](O)(c2ccccc2)c2ccccc2)(O4)O1)(c1ccccc1)c1ccccc1. The molecule has 6 saturated heterocycles. The fourth-order valence-electron chi connectivity index (χ4n) is 17.2. The van der Waals surface area contributed by atoms with Gasteiger partial charge in [-0.2, -0.15) is 0 Å². The summed E-state index contributed by atoms with van der Waals surface area (Å²) >= 11 is 0. The van der Waals surface area contributed by atoms with Crippen LogP contribution in [0.3, 0.4) is 0 Å². The molecule has 0 atom stereocenters. The van der Waals surface area contributed by atoms with Gasteiger partial charge in [-0.3, -0.25) is 0 Å². The van der Waals surface area contributed by atoms with Crippen LogP contribution >= 0.6 is 0 Å². The van der Waals surface area contributed by atoms with E-state index < -0.39 is 141 Å². The molecule has 0 unspecified atom stereocenters. The third kappa shape index (κ3) is 18.5. The molecule has 16 aromatic rings. The minimum absolute atomic E-state index is 0.00125. The lowest BCUT2D eigenvalue weighted by Crippen LogP contribution is -2.95. The van der Waals surface area contributed by atoms with Crippen molar-refractivity contribution in [2.75, 3.05) is 0 Å². The highest BCUT2D eigenvalue weighted by Crippen LogP contribution is 2.54. The van der Waals surface area contributed by atoms with Gasteiger partial charge in [0, 0.05) is 0 Å². The van der Waals surface area contributed by atoms with E-state index in [4.69, 9.17) is 82.3 Å². The van der Waals surface area contributed by atoms with Crippen molar-refractivity contribution in [3.8, 4) is 0 Å². The summed E-state index contributed by atoms with van der Waals surface area (Å²) in [7, 11) is -104. The van der Waals surface area contributed by atoms with E-state index in [-0.39, 0.29) is 83.0 Å². The zero-order valence-electron chi connectivity index (χ0n) is 73.9. The standard InChI is InChI=1S/C96H88O28Si16/c97-125(81-49-17-1-18-50-81,82-51-19-2-20-52-82)105-133-113-134(106-126(98,83-53-21-3-22-54-83)84-55-23-4-24-56-84)116-137(109-129(101,89-65-33-9-34-66-89)90-67-35-10-36-68-90)118-135(114-133,107-127(99,85-57-25-5-26-58-85)86-59-27-6-28-60-86)120-139(111-131(103,93-73-41-13-42-74-93)94-75-43-14-44-76-94)121-136(115-133,108-128(100,87-61-29-7-30-62-87)88-63-31-8-32-64-88)119-138(117-134,110-130(102,91-69-37-11-38-70-91)92-71-39-12-40-72-92)123-140(122-137,124-139)112-132(104,95-77-45-15-46-78-95)96-79-47-16-48-80-96/h1-80,97-104H. The van der Waals surface area contributed by atoms with Gasteiger partial charge in [-0.05, 0) is 83.0 Å². The second kappa shape index (κ2) is 38.5. The molecule has 0 saturated carbocycles. The van der Waals surface area contributed by atoms with Gasteiger partial charge in [0.15, 0.2) is 0 Å². The number of hydrogen-bond donors (Lipinski definition) is 8. The predicted octanol–water partition coefficient (Wildman–Crippen LogP) is 1.86. The van der Waals surface area contributed by atoms with E-state index in [9.17, 15) is 0 Å². The van der Waals surface area contributed by atoms with Crippen LogP contribution in [0.25, 0.3) is 0 Å². The van der Waals surface area contributed by atoms with Crippen molar-refractivity contribution in [2.45, 2.75) is 0 Å². The predicted molar refractivity (Wildman–Crippen MR) is 549 cm³/mol. The van der Waals surface area contributed by atoms with Crippen LogP contribution in [-0.2, 0) is 82.3 Å². The molecule has 8 N–H and O–H groups in total. The molecule has 0 aliphatic carbocycles. The molecular formula is C96H88O28Si16. The quantitative estimate of drug-likeness (QED) is 0.0279. The summed E-state index contributed by atoms with van der Waals surface area (Å²) in [5, 5.41) is -0.0200. The van der Waals surface area contributed by atoms with Crippen molar-refractivity contribution in [3.63, 3.8) is 0 Å². The zero-order chi connectivity index (χ0) is 95.9. The van der Waals surface area contributed by atoms with E-state index in [2.05, 4.69) is 0 Å². The van der Waals surface area contributed by atoms with Crippen LogP contribution in [0.2, 0.25) is 0 Å². The van der Waals surface area contributed by atoms with Crippen LogP contribution in [0.15, 0.2) is 485 Å². The highest BCUT2D eigenvalue weighted by molar-refractivity contribution is 7.11. The molecule has 140 heavy (non-hydrogen) atoms. The molecule has 0 aromatic heterocycles. The van der Waals surface area contributed by atoms with Crippen molar-refractivity contribution in [3.05, 3.63) is 485 Å². The Morgan fingerprint density at radius 3 is 0.221 bits per heavy atom. The average Bonchev–Trinajstić information content (AvgIpc) is 0.667. The van der Waals surface area contributed by atoms with Gasteiger partial charge in [0.1, 0.15) is 0 Å². The molecule has 22 rings (SSSR count). The van der Waals surface area contributed by atoms with Crippen LogP contribution < -0.4 is 83.0 Å². The number of rotatable bonds is 32. The van der Waals surface area contributed by atoms with Crippen LogP contribution in [0.5, 0.6) is 0 Å². The lowest BCUT2D eigenvalue weighted by molar-refractivity contribution is -0.132. The van der Waals surface area contributed by atoms with Crippen LogP contribution in [0.4, 0.5) is 0 Å². The maximum atomic E-state index is 15.5. The minimum atomic E-state index is -7.25. The van der Waals surface area contributed by atoms with Crippen LogP contribution in [0, 0.1) is 0 Å².